The van der Waals surface area contributed by atoms with Gasteiger partial charge >= 0.3 is 24.5 Å². The zero-order valence-electron chi connectivity index (χ0n) is 87.0. The van der Waals surface area contributed by atoms with Crippen LogP contribution in [-0.4, -0.2) is 258 Å². The zero-order valence-corrected chi connectivity index (χ0v) is 90.3. The Kier molecular flexibility index (Phi) is 36.0. The van der Waals surface area contributed by atoms with Crippen LogP contribution in [0.1, 0.15) is 202 Å². The van der Waals surface area contributed by atoms with E-state index in [4.69, 9.17) is 4.74 Å². The molecule has 3 atom stereocenters. The number of fused-ring (bicyclic) bond motifs is 6. The van der Waals surface area contributed by atoms with Crippen molar-refractivity contribution in [3.63, 3.8) is 0 Å². The summed E-state index contributed by atoms with van der Waals surface area (Å²) in [6.07, 6.45) is -2.66. The zero-order chi connectivity index (χ0) is 107. The molecular weight excluding hydrogens is 2010 g/mol. The number of nitriles is 3. The number of halogens is 9. The number of alkyl halides is 9. The maximum absolute atomic E-state index is 13.1. The molecule has 6 fully saturated rings. The van der Waals surface area contributed by atoms with E-state index in [0.29, 0.717) is 135 Å². The molecule has 6 aliphatic rings. The number of rotatable bonds is 33. The molecule has 15 heterocycles. The van der Waals surface area contributed by atoms with Crippen molar-refractivity contribution in [1.29, 1.82) is 15.8 Å². The lowest BCUT2D eigenvalue weighted by Crippen LogP contribution is -2.48. The van der Waals surface area contributed by atoms with Gasteiger partial charge in [-0.3, -0.25) is 39.0 Å². The molecule has 6 saturated heterocycles. The summed E-state index contributed by atoms with van der Waals surface area (Å²) in [5.74, 6) is 3.00. The first-order valence-electron chi connectivity index (χ1n) is 52.2. The molecule has 6 N–H and O–H groups in total. The number of piperidine rings is 6. The number of hydrogen-bond acceptors (Lipinski definition) is 26. The van der Waals surface area contributed by atoms with E-state index in [0.717, 1.165) is 228 Å². The molecule has 2 amide bonds. The average Bonchev–Trinajstić information content (AvgIpc) is 1.66. The smallest absolute Gasteiger partial charge is 0.393 e. The fourth-order valence-corrected chi connectivity index (χ4v) is 26.4. The van der Waals surface area contributed by atoms with Crippen LogP contribution in [0.4, 0.5) is 57.0 Å². The molecule has 18 rings (SSSR count). The van der Waals surface area contributed by atoms with Crippen molar-refractivity contribution in [2.24, 2.45) is 0 Å². The number of nitrogens with zero attached hydrogens (tertiary/aromatic N) is 18. The number of sulfonamides is 1. The van der Waals surface area contributed by atoms with Crippen LogP contribution in [0.5, 0.6) is 6.01 Å². The van der Waals surface area contributed by atoms with Gasteiger partial charge in [0.25, 0.3) is 0 Å². The Morgan fingerprint density at radius 3 is 1.07 bits per heavy atom. The van der Waals surface area contributed by atoms with Crippen molar-refractivity contribution in [1.82, 2.24) is 88.4 Å². The van der Waals surface area contributed by atoms with E-state index in [1.54, 1.807) is 12.1 Å². The van der Waals surface area contributed by atoms with Gasteiger partial charge in [-0.05, 0) is 233 Å². The summed E-state index contributed by atoms with van der Waals surface area (Å²) in [5.41, 5.74) is 12.3. The minimum absolute atomic E-state index is 0.0938. The SMILES string of the molecule is C=CC(=O)NC1CCN([C@@H](C)Cn2c(C#N)cc3c(C)c(CN4CCC(Nc5nc(CC)nc6sc(CC(F)(F)F)cc56)CC4)ccc32)CC1.CCC(=O)NC1CCN([C@@H](C)Cn2c(C#N)cc3c(C)c(CN4CCC(Nc5nc(CC)nc6sc(CC(F)(F)F)cc56)CC4)ccc32)CC1.CNS(=O)(=O)C1CCN([C@@H](C)Cn2c(C#N)cc3c(C)c(CN4CCC(Nc5nc(OC)nc6sc(CC(F)(F)F)cc56)CC4)ccc32)CC1. The van der Waals surface area contributed by atoms with Gasteiger partial charge in [-0.25, -0.2) is 33.1 Å². The molecule has 6 aliphatic heterocycles. The number of likely N-dealkylation sites (tertiary alicyclic amines) is 6. The standard InChI is InChI=1S/C37H47F3N8OS.C37H45F3N8OS.C34H43F3N8O3S2/c2*1-5-33-44-35(31-18-29(19-37(38,39)40)50-36(31)45-33)43-27-9-13-46(14-10-27)22-25-7-8-32-30(24(25)4)17-28(20-41)48(32)21-23(3)47-15-11-26(12-16-47)42-34(49)6-2;1-21(44-13-9-27(10-14-44)50(46,47)39-3)19-45-25(18-38)15-28-22(2)23(5-6-30(28)45)20-43-11-7-24(8-12-43)40-31-29-16-26(17-34(35,36)37)49-32(29)42-33(41-31)48-4/h7-8,17-18,23,26-27H,5-6,9-16,19,21-22H2,1-4H3,(H,42,49)(H,43,44,45);6-8,17-18,23,26-27H,2,5,9-16,19,21-22H2,1,3-4H3,(H,42,49)(H,43,44,45);5-6,15-16,21,24,27,39H,7-14,17,19-20H2,1-4H3,(H,40,41,42)/t2*23-;21-/m000/s1. The molecule has 150 heavy (non-hydrogen) atoms. The fraction of sp³-hybridized carbons (Fsp3) is 0.546. The summed E-state index contributed by atoms with van der Waals surface area (Å²) in [4.78, 5) is 67.5. The summed E-state index contributed by atoms with van der Waals surface area (Å²) in [6, 6.07) is 32.5. The second-order valence-corrected chi connectivity index (χ2v) is 46.4. The molecule has 42 heteroatoms. The van der Waals surface area contributed by atoms with Gasteiger partial charge < -0.3 is 45.0 Å². The highest BCUT2D eigenvalue weighted by Crippen LogP contribution is 2.42. The first kappa shape index (κ1) is 111. The molecule has 0 saturated carbocycles. The van der Waals surface area contributed by atoms with Gasteiger partial charge in [0.05, 0.1) is 47.8 Å². The van der Waals surface area contributed by atoms with E-state index >= 15 is 0 Å². The third-order valence-corrected chi connectivity index (χ3v) is 35.7. The fourth-order valence-electron chi connectivity index (χ4n) is 22.0. The topological polar surface area (TPSA) is 333 Å². The molecule has 12 aromatic rings. The van der Waals surface area contributed by atoms with Gasteiger partial charge in [-0.2, -0.15) is 65.3 Å². The Hall–Kier alpha value is -11.2. The van der Waals surface area contributed by atoms with Crippen LogP contribution >= 0.6 is 34.0 Å². The van der Waals surface area contributed by atoms with E-state index in [1.165, 1.54) is 54.1 Å². The quantitative estimate of drug-likeness (QED) is 0.0164. The van der Waals surface area contributed by atoms with Crippen molar-refractivity contribution in [3.8, 4) is 24.2 Å². The number of nitrogens with one attached hydrogen (secondary N) is 6. The molecule has 0 radical (unpaired) electrons. The molecular formula is C108H135F9N24O5S4. The predicted molar refractivity (Wildman–Crippen MR) is 574 cm³/mol. The normalized spacial score (nSPS) is 17.8. The number of methoxy groups -OCH3 is 1. The van der Waals surface area contributed by atoms with E-state index in [-0.39, 0.29) is 86.0 Å². The number of aryl methyl sites for hydroxylation is 5. The van der Waals surface area contributed by atoms with Gasteiger partial charge in [0.1, 0.15) is 78.9 Å². The number of anilines is 3. The Morgan fingerprint density at radius 2 is 0.767 bits per heavy atom. The lowest BCUT2D eigenvalue weighted by Gasteiger charge is -2.36. The highest BCUT2D eigenvalue weighted by Gasteiger charge is 2.38. The Balaban J connectivity index is 0.000000160. The molecule has 0 aliphatic carbocycles. The minimum atomic E-state index is -4.30. The summed E-state index contributed by atoms with van der Waals surface area (Å²) in [7, 11) is -0.372. The third-order valence-electron chi connectivity index (χ3n) is 30.7. The summed E-state index contributed by atoms with van der Waals surface area (Å²) in [6.45, 7) is 36.9. The number of hydrogen-bond donors (Lipinski definition) is 6. The Bertz CT molecular complexity index is 7060. The van der Waals surface area contributed by atoms with Gasteiger partial charge in [0.15, 0.2) is 0 Å². The summed E-state index contributed by atoms with van der Waals surface area (Å²) in [5, 5.41) is 51.7. The second kappa shape index (κ2) is 48.4. The highest BCUT2D eigenvalue weighted by atomic mass is 32.2. The molecule has 3 aromatic carbocycles. The average molecular weight is 2150 g/mol. The van der Waals surface area contributed by atoms with Crippen LogP contribution < -0.4 is 36.0 Å². The van der Waals surface area contributed by atoms with E-state index in [1.807, 2.05) is 39.0 Å². The number of thiophene rings is 3. The third kappa shape index (κ3) is 27.3. The van der Waals surface area contributed by atoms with Crippen LogP contribution in [-0.2, 0) is 91.0 Å². The van der Waals surface area contributed by atoms with Crippen LogP contribution in [0, 0.1) is 54.8 Å². The minimum Gasteiger partial charge on any atom is -0.467 e. The lowest BCUT2D eigenvalue weighted by atomic mass is 10.0. The van der Waals surface area contributed by atoms with Crippen molar-refractivity contribution in [3.05, 3.63) is 162 Å². The van der Waals surface area contributed by atoms with E-state index < -0.39 is 47.8 Å². The number of amides is 2. The molecule has 9 aromatic heterocycles. The van der Waals surface area contributed by atoms with Crippen LogP contribution in [0.2, 0.25) is 0 Å². The van der Waals surface area contributed by atoms with Crippen molar-refractivity contribution < 1.29 is 62.3 Å². The van der Waals surface area contributed by atoms with Crippen molar-refractivity contribution in [2.75, 3.05) is 109 Å². The first-order valence-corrected chi connectivity index (χ1v) is 56.2. The lowest BCUT2D eigenvalue weighted by molar-refractivity contribution is -0.127. The van der Waals surface area contributed by atoms with Gasteiger partial charge in [-0.15, -0.1) is 34.0 Å². The summed E-state index contributed by atoms with van der Waals surface area (Å²) < 4.78 is 156. The van der Waals surface area contributed by atoms with E-state index in [9.17, 15) is 73.3 Å². The number of benzene rings is 3. The Morgan fingerprint density at radius 1 is 0.453 bits per heavy atom. The monoisotopic (exact) mass is 2150 g/mol. The maximum atomic E-state index is 13.1. The number of carbonyl (C=O) groups excluding carboxylic acids is 2. The van der Waals surface area contributed by atoms with Crippen LogP contribution in [0.15, 0.2) is 85.5 Å². The second-order valence-electron chi connectivity index (χ2n) is 40.9. The Labute approximate surface area is 881 Å². The maximum Gasteiger partial charge on any atom is 0.393 e. The highest BCUT2D eigenvalue weighted by molar-refractivity contribution is 7.90. The van der Waals surface area contributed by atoms with Crippen LogP contribution in [0.25, 0.3) is 63.4 Å². The summed E-state index contributed by atoms with van der Waals surface area (Å²) >= 11 is 3.20. The molecule has 0 bridgehead atoms. The first-order chi connectivity index (χ1) is 71.7. The van der Waals surface area contributed by atoms with Gasteiger partial charge in [0, 0.05) is 220 Å². The van der Waals surface area contributed by atoms with Gasteiger partial charge in [-0.1, -0.05) is 45.5 Å². The number of aromatic nitrogens is 9. The van der Waals surface area contributed by atoms with Crippen molar-refractivity contribution >= 4 is 137 Å². The molecule has 804 valence electrons. The largest absolute Gasteiger partial charge is 0.467 e. The molecule has 0 unspecified atom stereocenters. The number of carbonyl (C=O) groups is 2. The predicted octanol–water partition coefficient (Wildman–Crippen LogP) is 19.1. The van der Waals surface area contributed by atoms with Crippen LogP contribution in [0.3, 0.4) is 0 Å². The van der Waals surface area contributed by atoms with E-state index in [2.05, 4.69) is 207 Å². The number of ether oxygens (including phenoxy) is 1. The van der Waals surface area contributed by atoms with Gasteiger partial charge in [0.2, 0.25) is 21.8 Å². The molecule has 29 nitrogen and oxygen atoms in total. The van der Waals surface area contributed by atoms with Crippen molar-refractivity contribution in [2.45, 2.75) is 289 Å². The molecule has 0 spiro atoms.